The molecule has 47 heavy (non-hydrogen) atoms. The van der Waals surface area contributed by atoms with E-state index in [1.807, 2.05) is 72.8 Å². The second-order valence-corrected chi connectivity index (χ2v) is 12.8. The number of rotatable bonds is 12. The van der Waals surface area contributed by atoms with Crippen molar-refractivity contribution in [2.45, 2.75) is 19.5 Å². The van der Waals surface area contributed by atoms with Crippen LogP contribution in [0.4, 0.5) is 5.69 Å². The van der Waals surface area contributed by atoms with Crippen molar-refractivity contribution < 1.29 is 19.1 Å². The number of fused-ring (bicyclic) bond motifs is 2. The molecule has 0 fully saturated rings. The van der Waals surface area contributed by atoms with Crippen LogP contribution < -0.4 is 20.1 Å². The van der Waals surface area contributed by atoms with E-state index in [9.17, 15) is 9.59 Å². The summed E-state index contributed by atoms with van der Waals surface area (Å²) in [6, 6.07) is 31.9. The zero-order valence-corrected chi connectivity index (χ0v) is 26.8. The molecule has 4 aromatic carbocycles. The van der Waals surface area contributed by atoms with Gasteiger partial charge in [0.25, 0.3) is 11.8 Å². The maximum absolute atomic E-state index is 12.7. The first-order valence-electron chi connectivity index (χ1n) is 14.8. The normalized spacial score (nSPS) is 10.7. The van der Waals surface area contributed by atoms with Gasteiger partial charge in [0.05, 0.1) is 41.2 Å². The lowest BCUT2D eigenvalue weighted by Gasteiger charge is -2.10. The van der Waals surface area contributed by atoms with Crippen LogP contribution in [0.1, 0.15) is 42.5 Å². The smallest absolute Gasteiger partial charge is 0.261 e. The molecule has 2 aromatic heterocycles. The van der Waals surface area contributed by atoms with Gasteiger partial charge < -0.3 is 20.1 Å². The molecule has 232 valence electrons. The number of ether oxygens (including phenoxy) is 2. The molecule has 0 unspecified atom stereocenters. The highest BCUT2D eigenvalue weighted by Gasteiger charge is 2.12. The first kappa shape index (κ1) is 31.3. The summed E-state index contributed by atoms with van der Waals surface area (Å²) in [6.07, 6.45) is 0.702. The molecule has 2 amide bonds. The number of nitriles is 1. The minimum Gasteiger partial charge on any atom is -0.493 e. The first-order valence-corrected chi connectivity index (χ1v) is 16.5. The molecule has 8 nitrogen and oxygen atoms in total. The average molecular weight is 657 g/mol. The first-order chi connectivity index (χ1) is 23.0. The molecule has 0 saturated heterocycles. The van der Waals surface area contributed by atoms with E-state index in [1.54, 1.807) is 24.3 Å². The van der Waals surface area contributed by atoms with Crippen LogP contribution >= 0.6 is 22.7 Å². The lowest BCUT2D eigenvalue weighted by molar-refractivity contribution is 0.0947. The topological polar surface area (TPSA) is 105 Å². The van der Waals surface area contributed by atoms with Crippen LogP contribution in [0.5, 0.6) is 11.5 Å². The van der Waals surface area contributed by atoms with Gasteiger partial charge in [-0.05, 0) is 82.6 Å². The van der Waals surface area contributed by atoms with Crippen molar-refractivity contribution in [2.75, 3.05) is 13.2 Å². The summed E-state index contributed by atoms with van der Waals surface area (Å²) in [4.78, 5) is 30.0. The van der Waals surface area contributed by atoms with Gasteiger partial charge >= 0.3 is 0 Å². The molecule has 0 spiro atoms. The Morgan fingerprint density at radius 2 is 1.21 bits per heavy atom. The predicted molar refractivity (Wildman–Crippen MR) is 185 cm³/mol. The minimum atomic E-state index is -0.146. The van der Waals surface area contributed by atoms with E-state index in [4.69, 9.17) is 21.3 Å². The highest BCUT2D eigenvalue weighted by atomic mass is 32.1. The molecule has 0 radical (unpaired) electrons. The Labute approximate surface area is 279 Å². The number of nitrogens with one attached hydrogen (secondary N) is 2. The summed E-state index contributed by atoms with van der Waals surface area (Å²) in [5.41, 5.74) is 3.06. The SMILES string of the molecule is [C-]#[N+]c1ccc2sc(C(=O)NCc3ccc(OCCCOc4ccc(CNC(=O)c5cc6cc(C#N)ccc6s5)cc4)cc3)cc2c1. The second-order valence-electron chi connectivity index (χ2n) is 10.6. The molecule has 0 atom stereocenters. The van der Waals surface area contributed by atoms with Crippen LogP contribution in [0, 0.1) is 17.9 Å². The van der Waals surface area contributed by atoms with Crippen LogP contribution in [-0.4, -0.2) is 25.0 Å². The number of hydrogen-bond donors (Lipinski definition) is 2. The molecule has 0 aliphatic carbocycles. The maximum atomic E-state index is 12.7. The van der Waals surface area contributed by atoms with Crippen molar-refractivity contribution in [3.63, 3.8) is 0 Å². The van der Waals surface area contributed by atoms with Crippen molar-refractivity contribution in [1.82, 2.24) is 10.6 Å². The number of nitrogens with zero attached hydrogens (tertiary/aromatic N) is 2. The van der Waals surface area contributed by atoms with Gasteiger partial charge in [-0.2, -0.15) is 5.26 Å². The fourth-order valence-electron chi connectivity index (χ4n) is 4.82. The van der Waals surface area contributed by atoms with Gasteiger partial charge in [-0.25, -0.2) is 4.85 Å². The number of thiophene rings is 2. The Kier molecular flexibility index (Phi) is 9.73. The zero-order valence-electron chi connectivity index (χ0n) is 25.1. The standard InChI is InChI=1S/C37H28N4O4S2/c1-39-29-8-14-33-28(18-29)20-35(47-33)37(43)41-23-25-5-11-31(12-6-25)45-16-2-15-44-30-9-3-24(4-10-30)22-40-36(42)34-19-27-17-26(21-38)7-13-32(27)46-34/h3-14,17-20H,2,15-16,22-23H2,(H,40,42)(H,41,43). The molecule has 6 aromatic rings. The van der Waals surface area contributed by atoms with Crippen LogP contribution in [0.25, 0.3) is 25.0 Å². The average Bonchev–Trinajstić information content (AvgIpc) is 3.74. The predicted octanol–water partition coefficient (Wildman–Crippen LogP) is 8.25. The van der Waals surface area contributed by atoms with Gasteiger partial charge in [-0.15, -0.1) is 22.7 Å². The number of benzene rings is 4. The molecular formula is C37H28N4O4S2. The van der Waals surface area contributed by atoms with E-state index in [2.05, 4.69) is 21.5 Å². The molecular weight excluding hydrogens is 629 g/mol. The third-order valence-electron chi connectivity index (χ3n) is 7.30. The molecule has 10 heteroatoms. The van der Waals surface area contributed by atoms with Gasteiger partial charge in [0.2, 0.25) is 0 Å². The monoisotopic (exact) mass is 656 g/mol. The molecule has 2 heterocycles. The summed E-state index contributed by atoms with van der Waals surface area (Å²) in [5.74, 6) is 1.20. The van der Waals surface area contributed by atoms with Gasteiger partial charge in [-0.3, -0.25) is 9.59 Å². The molecule has 0 bridgehead atoms. The Morgan fingerprint density at radius 3 is 1.72 bits per heavy atom. The fourth-order valence-corrected chi connectivity index (χ4v) is 6.74. The third kappa shape index (κ3) is 7.95. The van der Waals surface area contributed by atoms with Crippen molar-refractivity contribution in [1.29, 1.82) is 5.26 Å². The van der Waals surface area contributed by atoms with E-state index in [-0.39, 0.29) is 11.8 Å². The largest absolute Gasteiger partial charge is 0.493 e. The Hall–Kier alpha value is -5.68. The summed E-state index contributed by atoms with van der Waals surface area (Å²) < 4.78 is 13.6. The van der Waals surface area contributed by atoms with Crippen molar-refractivity contribution in [2.24, 2.45) is 0 Å². The molecule has 0 saturated carbocycles. The Balaban J connectivity index is 0.878. The van der Waals surface area contributed by atoms with Gasteiger partial charge in [0.1, 0.15) is 11.5 Å². The van der Waals surface area contributed by atoms with Crippen LogP contribution in [0.15, 0.2) is 97.1 Å². The summed E-state index contributed by atoms with van der Waals surface area (Å²) in [5, 5.41) is 16.8. The lowest BCUT2D eigenvalue weighted by Crippen LogP contribution is -2.21. The quantitative estimate of drug-likeness (QED) is 0.102. The fraction of sp³-hybridized carbons (Fsp3) is 0.135. The number of hydrogen-bond acceptors (Lipinski definition) is 7. The molecule has 0 aliphatic rings. The van der Waals surface area contributed by atoms with Crippen LogP contribution in [-0.2, 0) is 13.1 Å². The van der Waals surface area contributed by atoms with E-state index < -0.39 is 0 Å². The summed E-state index contributed by atoms with van der Waals surface area (Å²) in [6.45, 7) is 8.95. The summed E-state index contributed by atoms with van der Waals surface area (Å²) >= 11 is 2.82. The van der Waals surface area contributed by atoms with Gasteiger partial charge in [0, 0.05) is 28.9 Å². The van der Waals surface area contributed by atoms with Crippen LogP contribution in [0.3, 0.4) is 0 Å². The Bertz CT molecular complexity index is 1990. The van der Waals surface area contributed by atoms with E-state index in [0.717, 1.165) is 42.8 Å². The summed E-state index contributed by atoms with van der Waals surface area (Å²) in [7, 11) is 0. The molecule has 0 aliphatic heterocycles. The minimum absolute atomic E-state index is 0.141. The third-order valence-corrected chi connectivity index (χ3v) is 9.53. The van der Waals surface area contributed by atoms with Crippen molar-refractivity contribution >= 4 is 60.3 Å². The Morgan fingerprint density at radius 1 is 0.702 bits per heavy atom. The van der Waals surface area contributed by atoms with Gasteiger partial charge in [0.15, 0.2) is 5.69 Å². The van der Waals surface area contributed by atoms with Crippen LogP contribution in [0.2, 0.25) is 0 Å². The van der Waals surface area contributed by atoms with Crippen molar-refractivity contribution in [3.05, 3.63) is 135 Å². The van der Waals surface area contributed by atoms with E-state index in [0.29, 0.717) is 53.7 Å². The second kappa shape index (κ2) is 14.6. The number of amides is 2. The van der Waals surface area contributed by atoms with E-state index >= 15 is 0 Å². The van der Waals surface area contributed by atoms with Gasteiger partial charge in [-0.1, -0.05) is 36.4 Å². The molecule has 2 N–H and O–H groups in total. The lowest BCUT2D eigenvalue weighted by atomic mass is 10.2. The maximum Gasteiger partial charge on any atom is 0.261 e. The number of carbonyl (C=O) groups is 2. The number of carbonyl (C=O) groups excluding carboxylic acids is 2. The zero-order chi connectivity index (χ0) is 32.6. The highest BCUT2D eigenvalue weighted by Crippen LogP contribution is 2.29. The highest BCUT2D eigenvalue weighted by molar-refractivity contribution is 7.21. The van der Waals surface area contributed by atoms with E-state index in [1.165, 1.54) is 22.7 Å². The molecule has 6 rings (SSSR count). The van der Waals surface area contributed by atoms with Crippen molar-refractivity contribution in [3.8, 4) is 17.6 Å².